The van der Waals surface area contributed by atoms with E-state index < -0.39 is 0 Å². The van der Waals surface area contributed by atoms with E-state index in [9.17, 15) is 0 Å². The van der Waals surface area contributed by atoms with E-state index in [0.717, 1.165) is 5.88 Å². The van der Waals surface area contributed by atoms with Crippen LogP contribution in [0.1, 0.15) is 71.1 Å². The summed E-state index contributed by atoms with van der Waals surface area (Å²) in [5.74, 6) is 2.37. The van der Waals surface area contributed by atoms with Gasteiger partial charge in [-0.05, 0) is 12.2 Å². The minimum Gasteiger partial charge on any atom is -1.00 e. The molecule has 0 N–H and O–H groups in total. The SMILES string of the molecule is CCCCCCCCCCCCSC[n+]1ccc(N(C)C)cc1.[Cl-]. The van der Waals surface area contributed by atoms with E-state index in [-0.39, 0.29) is 12.4 Å². The second-order valence-corrected chi connectivity index (χ2v) is 7.76. The molecule has 0 aliphatic heterocycles. The molecule has 0 aromatic carbocycles. The quantitative estimate of drug-likeness (QED) is 0.366. The summed E-state index contributed by atoms with van der Waals surface area (Å²) in [7, 11) is 4.17. The van der Waals surface area contributed by atoms with Crippen molar-refractivity contribution in [2.75, 3.05) is 24.7 Å². The normalized spacial score (nSPS) is 10.5. The Morgan fingerprint density at radius 3 is 1.83 bits per heavy atom. The van der Waals surface area contributed by atoms with Crippen LogP contribution in [0.4, 0.5) is 5.69 Å². The average molecular weight is 373 g/mol. The summed E-state index contributed by atoms with van der Waals surface area (Å²) in [6.45, 7) is 2.29. The number of pyridine rings is 1. The molecule has 0 atom stereocenters. The zero-order valence-corrected chi connectivity index (χ0v) is 17.5. The molecule has 0 bridgehead atoms. The molecule has 4 heteroatoms. The van der Waals surface area contributed by atoms with Gasteiger partial charge in [-0.15, -0.1) is 0 Å². The van der Waals surface area contributed by atoms with Crippen molar-refractivity contribution in [3.63, 3.8) is 0 Å². The van der Waals surface area contributed by atoms with Gasteiger partial charge < -0.3 is 17.3 Å². The zero-order valence-electron chi connectivity index (χ0n) is 16.0. The number of thioether (sulfide) groups is 1. The first kappa shape index (κ1) is 23.6. The first-order valence-electron chi connectivity index (χ1n) is 9.48. The Morgan fingerprint density at radius 2 is 1.33 bits per heavy atom. The van der Waals surface area contributed by atoms with E-state index in [1.54, 1.807) is 0 Å². The molecule has 1 rings (SSSR count). The number of halogens is 1. The maximum absolute atomic E-state index is 2.29. The van der Waals surface area contributed by atoms with Crippen LogP contribution in [0.15, 0.2) is 24.5 Å². The summed E-state index contributed by atoms with van der Waals surface area (Å²) in [5.41, 5.74) is 1.26. The van der Waals surface area contributed by atoms with Crippen molar-refractivity contribution >= 4 is 17.4 Å². The molecule has 0 aliphatic rings. The highest BCUT2D eigenvalue weighted by Gasteiger charge is 2.02. The number of hydrogen-bond acceptors (Lipinski definition) is 2. The van der Waals surface area contributed by atoms with Crippen molar-refractivity contribution in [3.8, 4) is 0 Å². The smallest absolute Gasteiger partial charge is 0.194 e. The highest BCUT2D eigenvalue weighted by molar-refractivity contribution is 7.98. The average Bonchev–Trinajstić information content (AvgIpc) is 2.56. The van der Waals surface area contributed by atoms with Crippen LogP contribution in [0.2, 0.25) is 0 Å². The summed E-state index contributed by atoms with van der Waals surface area (Å²) in [6.07, 6.45) is 18.6. The molecule has 1 aromatic heterocycles. The molecule has 0 aliphatic carbocycles. The summed E-state index contributed by atoms with van der Waals surface area (Å²) in [5, 5.41) is 0. The molecule has 0 amide bonds. The van der Waals surface area contributed by atoms with Gasteiger partial charge in [0.05, 0.1) is 0 Å². The highest BCUT2D eigenvalue weighted by Crippen LogP contribution is 2.12. The predicted octanol–water partition coefficient (Wildman–Crippen LogP) is 2.66. The van der Waals surface area contributed by atoms with Crippen LogP contribution in [0.3, 0.4) is 0 Å². The van der Waals surface area contributed by atoms with Crippen LogP contribution in [-0.2, 0) is 5.88 Å². The molecular formula is C20H37ClN2S. The van der Waals surface area contributed by atoms with Crippen molar-refractivity contribution in [2.24, 2.45) is 0 Å². The van der Waals surface area contributed by atoms with E-state index >= 15 is 0 Å². The molecule has 0 saturated carbocycles. The van der Waals surface area contributed by atoms with Gasteiger partial charge in [-0.1, -0.05) is 76.5 Å². The number of anilines is 1. The molecule has 0 radical (unpaired) electrons. The topological polar surface area (TPSA) is 7.12 Å². The number of nitrogens with zero attached hydrogens (tertiary/aromatic N) is 2. The zero-order chi connectivity index (χ0) is 16.8. The van der Waals surface area contributed by atoms with Crippen LogP contribution in [0, 0.1) is 0 Å². The third kappa shape index (κ3) is 12.0. The lowest BCUT2D eigenvalue weighted by Crippen LogP contribution is -3.00. The first-order chi connectivity index (χ1) is 11.2. The number of hydrogen-bond donors (Lipinski definition) is 0. The lowest BCUT2D eigenvalue weighted by Gasteiger charge is -2.10. The molecule has 1 heterocycles. The van der Waals surface area contributed by atoms with Crippen LogP contribution in [-0.4, -0.2) is 19.8 Å². The van der Waals surface area contributed by atoms with Gasteiger partial charge in [0, 0.05) is 31.9 Å². The van der Waals surface area contributed by atoms with Gasteiger partial charge in [0.1, 0.15) is 0 Å². The van der Waals surface area contributed by atoms with Gasteiger partial charge in [0.25, 0.3) is 0 Å². The standard InChI is InChI=1S/C20H37N2S.ClH/c1-4-5-6-7-8-9-10-11-12-13-18-23-19-22-16-14-20(15-17-22)21(2)3;/h14-17H,4-13,18-19H2,1-3H3;1H/q+1;/p-1. The molecule has 0 saturated heterocycles. The number of rotatable bonds is 14. The third-order valence-corrected chi connectivity index (χ3v) is 5.33. The summed E-state index contributed by atoms with van der Waals surface area (Å²) < 4.78 is 2.27. The van der Waals surface area contributed by atoms with Crippen LogP contribution in [0.5, 0.6) is 0 Å². The Kier molecular flexibility index (Phi) is 15.8. The highest BCUT2D eigenvalue weighted by atomic mass is 35.5. The summed E-state index contributed by atoms with van der Waals surface area (Å²) in [6, 6.07) is 4.36. The fourth-order valence-electron chi connectivity index (χ4n) is 2.70. The summed E-state index contributed by atoms with van der Waals surface area (Å²) in [4.78, 5) is 2.14. The Hall–Kier alpha value is -0.410. The van der Waals surface area contributed by atoms with Gasteiger partial charge in [-0.2, -0.15) is 4.57 Å². The van der Waals surface area contributed by atoms with Gasteiger partial charge in [-0.3, -0.25) is 0 Å². The van der Waals surface area contributed by atoms with E-state index in [0.29, 0.717) is 0 Å². The van der Waals surface area contributed by atoms with Gasteiger partial charge in [-0.25, -0.2) is 0 Å². The Balaban J connectivity index is 0.00000529. The predicted molar refractivity (Wildman–Crippen MR) is 105 cm³/mol. The van der Waals surface area contributed by atoms with E-state index in [2.05, 4.69) is 55.0 Å². The Morgan fingerprint density at radius 1 is 0.833 bits per heavy atom. The van der Waals surface area contributed by atoms with E-state index in [1.807, 2.05) is 11.8 Å². The monoisotopic (exact) mass is 372 g/mol. The molecular weight excluding hydrogens is 336 g/mol. The maximum atomic E-state index is 2.29. The van der Waals surface area contributed by atoms with Crippen LogP contribution < -0.4 is 21.9 Å². The maximum Gasteiger partial charge on any atom is 0.194 e. The lowest BCUT2D eigenvalue weighted by atomic mass is 10.1. The van der Waals surface area contributed by atoms with Gasteiger partial charge >= 0.3 is 0 Å². The van der Waals surface area contributed by atoms with Crippen LogP contribution >= 0.6 is 11.8 Å². The molecule has 140 valence electrons. The van der Waals surface area contributed by atoms with Crippen molar-refractivity contribution in [3.05, 3.63) is 24.5 Å². The molecule has 24 heavy (non-hydrogen) atoms. The van der Waals surface area contributed by atoms with Crippen molar-refractivity contribution in [1.29, 1.82) is 0 Å². The fraction of sp³-hybridized carbons (Fsp3) is 0.750. The Bertz CT molecular complexity index is 382. The minimum atomic E-state index is 0. The van der Waals surface area contributed by atoms with Crippen LogP contribution in [0.25, 0.3) is 0 Å². The minimum absolute atomic E-state index is 0. The molecule has 0 unspecified atom stereocenters. The van der Waals surface area contributed by atoms with Gasteiger partial charge in [0.15, 0.2) is 18.3 Å². The third-order valence-electron chi connectivity index (χ3n) is 4.27. The molecule has 0 spiro atoms. The van der Waals surface area contributed by atoms with E-state index in [1.165, 1.54) is 75.6 Å². The van der Waals surface area contributed by atoms with Gasteiger partial charge in [0.2, 0.25) is 0 Å². The lowest BCUT2D eigenvalue weighted by molar-refractivity contribution is -0.675. The van der Waals surface area contributed by atoms with Crippen molar-refractivity contribution < 1.29 is 17.0 Å². The largest absolute Gasteiger partial charge is 1.00 e. The number of aromatic nitrogens is 1. The second kappa shape index (κ2) is 16.1. The molecule has 2 nitrogen and oxygen atoms in total. The Labute approximate surface area is 160 Å². The fourth-order valence-corrected chi connectivity index (χ4v) is 3.62. The second-order valence-electron chi connectivity index (χ2n) is 6.68. The molecule has 0 fully saturated rings. The van der Waals surface area contributed by atoms with Crippen molar-refractivity contribution in [1.82, 2.24) is 0 Å². The summed E-state index contributed by atoms with van der Waals surface area (Å²) >= 11 is 2.05. The first-order valence-corrected chi connectivity index (χ1v) is 10.6. The molecule has 1 aromatic rings. The van der Waals surface area contributed by atoms with Crippen molar-refractivity contribution in [2.45, 2.75) is 77.0 Å². The van der Waals surface area contributed by atoms with E-state index in [4.69, 9.17) is 0 Å². The number of unbranched alkanes of at least 4 members (excludes halogenated alkanes) is 9.